The second kappa shape index (κ2) is 9.67. The number of aromatic nitrogens is 5. The Morgan fingerprint density at radius 2 is 1.69 bits per heavy atom. The van der Waals surface area contributed by atoms with E-state index < -0.39 is 11.1 Å². The molecule has 2 saturated heterocycles. The number of halogens is 1. The fraction of sp³-hybridized carbons (Fsp3) is 0.542. The van der Waals surface area contributed by atoms with E-state index in [1.807, 2.05) is 12.4 Å². The van der Waals surface area contributed by atoms with Gasteiger partial charge >= 0.3 is 11.1 Å². The Morgan fingerprint density at radius 3 is 2.37 bits per heavy atom. The van der Waals surface area contributed by atoms with Gasteiger partial charge < -0.3 is 14.4 Å². The minimum absolute atomic E-state index is 0.123. The second-order valence-corrected chi connectivity index (χ2v) is 10.1. The average molecular weight is 499 g/mol. The van der Waals surface area contributed by atoms with Crippen molar-refractivity contribution in [1.82, 2.24) is 33.9 Å². The number of pyridine rings is 1. The SMILES string of the molecule is CC1CN(Cc2cnc(N3CCC(n4c(=O)c(=O)n(C)c5cc(Cl)cnc54)CC3)nc2)CCN1C. The molecule has 10 nitrogen and oxygen atoms in total. The number of piperidine rings is 1. The Hall–Kier alpha value is -2.82. The van der Waals surface area contributed by atoms with Gasteiger partial charge in [0.25, 0.3) is 0 Å². The third-order valence-electron chi connectivity index (χ3n) is 7.36. The number of nitrogens with zero attached hydrogens (tertiary/aromatic N) is 8. The molecule has 1 atom stereocenters. The quantitative estimate of drug-likeness (QED) is 0.500. The summed E-state index contributed by atoms with van der Waals surface area (Å²) in [7, 11) is 3.74. The van der Waals surface area contributed by atoms with Crippen LogP contribution >= 0.6 is 11.6 Å². The highest BCUT2D eigenvalue weighted by molar-refractivity contribution is 6.31. The van der Waals surface area contributed by atoms with E-state index in [-0.39, 0.29) is 6.04 Å². The van der Waals surface area contributed by atoms with Crippen LogP contribution < -0.4 is 16.0 Å². The molecule has 5 rings (SSSR count). The van der Waals surface area contributed by atoms with E-state index in [1.165, 1.54) is 10.8 Å². The Labute approximate surface area is 208 Å². The van der Waals surface area contributed by atoms with E-state index in [2.05, 4.69) is 43.6 Å². The van der Waals surface area contributed by atoms with Crippen LogP contribution in [0.1, 0.15) is 31.4 Å². The Morgan fingerprint density at radius 1 is 0.971 bits per heavy atom. The van der Waals surface area contributed by atoms with Crippen LogP contribution in [-0.4, -0.2) is 79.7 Å². The van der Waals surface area contributed by atoms with E-state index in [9.17, 15) is 9.59 Å². The first-order chi connectivity index (χ1) is 16.8. The summed E-state index contributed by atoms with van der Waals surface area (Å²) in [5.74, 6) is 0.699. The summed E-state index contributed by atoms with van der Waals surface area (Å²) in [5, 5.41) is 0.426. The molecule has 0 radical (unpaired) electrons. The molecule has 0 bridgehead atoms. The molecule has 0 N–H and O–H groups in total. The number of fused-ring (bicyclic) bond motifs is 1. The number of likely N-dealkylation sites (N-methyl/N-ethyl adjacent to an activating group) is 1. The molecule has 11 heteroatoms. The summed E-state index contributed by atoms with van der Waals surface area (Å²) in [4.78, 5) is 46.1. The van der Waals surface area contributed by atoms with Gasteiger partial charge in [0, 0.05) is 82.6 Å². The fourth-order valence-electron chi connectivity index (χ4n) is 5.09. The predicted molar refractivity (Wildman–Crippen MR) is 136 cm³/mol. The maximum atomic E-state index is 12.9. The number of rotatable bonds is 4. The minimum Gasteiger partial charge on any atom is -0.341 e. The Balaban J connectivity index is 1.28. The van der Waals surface area contributed by atoms with Crippen molar-refractivity contribution in [3.63, 3.8) is 0 Å². The van der Waals surface area contributed by atoms with Crippen molar-refractivity contribution in [2.45, 2.75) is 38.4 Å². The van der Waals surface area contributed by atoms with E-state index in [0.29, 0.717) is 54.1 Å². The Kier molecular flexibility index (Phi) is 6.61. The third kappa shape index (κ3) is 4.70. The van der Waals surface area contributed by atoms with Crippen molar-refractivity contribution in [2.75, 3.05) is 44.7 Å². The predicted octanol–water partition coefficient (Wildman–Crippen LogP) is 1.52. The fourth-order valence-corrected chi connectivity index (χ4v) is 5.24. The molecule has 0 spiro atoms. The topological polar surface area (TPSA) is 92.4 Å². The van der Waals surface area contributed by atoms with Gasteiger partial charge in [0.15, 0.2) is 5.65 Å². The number of anilines is 1. The van der Waals surface area contributed by atoms with Crippen molar-refractivity contribution < 1.29 is 0 Å². The molecule has 3 aromatic rings. The van der Waals surface area contributed by atoms with E-state index in [1.54, 1.807) is 17.7 Å². The smallest absolute Gasteiger partial charge is 0.318 e. The van der Waals surface area contributed by atoms with Gasteiger partial charge in [-0.2, -0.15) is 0 Å². The molecule has 5 heterocycles. The molecule has 186 valence electrons. The van der Waals surface area contributed by atoms with Gasteiger partial charge in [-0.15, -0.1) is 0 Å². The molecule has 1 unspecified atom stereocenters. The molecule has 0 amide bonds. The average Bonchev–Trinajstić information content (AvgIpc) is 2.86. The van der Waals surface area contributed by atoms with Crippen molar-refractivity contribution in [1.29, 1.82) is 0 Å². The zero-order chi connectivity index (χ0) is 24.7. The van der Waals surface area contributed by atoms with Gasteiger partial charge in [0.1, 0.15) is 0 Å². The standard InChI is InChI=1S/C24H31ClN8O2/c1-16-14-31(9-8-29(16)2)15-17-11-27-24(28-12-17)32-6-4-19(5-7-32)33-21-20(10-18(25)13-26-21)30(3)22(34)23(33)35/h10-13,16,19H,4-9,14-15H2,1-3H3. The van der Waals surface area contributed by atoms with Crippen LogP contribution in [0.3, 0.4) is 0 Å². The first-order valence-corrected chi connectivity index (χ1v) is 12.4. The monoisotopic (exact) mass is 498 g/mol. The molecule has 0 aliphatic carbocycles. The van der Waals surface area contributed by atoms with Gasteiger partial charge in [-0.3, -0.25) is 19.1 Å². The number of hydrogen-bond acceptors (Lipinski definition) is 8. The lowest BCUT2D eigenvalue weighted by Crippen LogP contribution is -2.49. The molecule has 35 heavy (non-hydrogen) atoms. The van der Waals surface area contributed by atoms with Crippen LogP contribution in [0.15, 0.2) is 34.2 Å². The summed E-state index contributed by atoms with van der Waals surface area (Å²) in [6, 6.07) is 2.10. The lowest BCUT2D eigenvalue weighted by Gasteiger charge is -2.37. The molecule has 0 saturated carbocycles. The summed E-state index contributed by atoms with van der Waals surface area (Å²) in [6.07, 6.45) is 6.74. The van der Waals surface area contributed by atoms with Crippen LogP contribution in [0.2, 0.25) is 5.02 Å². The van der Waals surface area contributed by atoms with E-state index >= 15 is 0 Å². The highest BCUT2D eigenvalue weighted by Crippen LogP contribution is 2.26. The maximum absolute atomic E-state index is 12.9. The first-order valence-electron chi connectivity index (χ1n) is 12.1. The molecule has 2 fully saturated rings. The zero-order valence-corrected chi connectivity index (χ0v) is 21.1. The van der Waals surface area contributed by atoms with Crippen molar-refractivity contribution in [3.8, 4) is 0 Å². The van der Waals surface area contributed by atoms with Gasteiger partial charge in [0.2, 0.25) is 5.95 Å². The van der Waals surface area contributed by atoms with Crippen LogP contribution in [-0.2, 0) is 13.6 Å². The first kappa shape index (κ1) is 23.9. The lowest BCUT2D eigenvalue weighted by molar-refractivity contribution is 0.0998. The molecule has 0 aromatic carbocycles. The number of piperazine rings is 1. The number of aryl methyl sites for hydroxylation is 1. The van der Waals surface area contributed by atoms with Crippen LogP contribution in [0, 0.1) is 0 Å². The van der Waals surface area contributed by atoms with Crippen molar-refractivity contribution in [2.24, 2.45) is 7.05 Å². The van der Waals surface area contributed by atoms with Crippen LogP contribution in [0.25, 0.3) is 11.2 Å². The van der Waals surface area contributed by atoms with Crippen molar-refractivity contribution >= 4 is 28.7 Å². The minimum atomic E-state index is -0.572. The lowest BCUT2D eigenvalue weighted by atomic mass is 10.0. The molecular formula is C24H31ClN8O2. The van der Waals surface area contributed by atoms with E-state index in [0.717, 1.165) is 31.7 Å². The second-order valence-electron chi connectivity index (χ2n) is 9.71. The summed E-state index contributed by atoms with van der Waals surface area (Å²) in [6.45, 7) is 7.66. The summed E-state index contributed by atoms with van der Waals surface area (Å²) < 4.78 is 2.87. The molecule has 2 aliphatic rings. The number of hydrogen-bond donors (Lipinski definition) is 0. The van der Waals surface area contributed by atoms with Gasteiger partial charge in [-0.25, -0.2) is 15.0 Å². The Bertz CT molecular complexity index is 1330. The van der Waals surface area contributed by atoms with Crippen LogP contribution in [0.4, 0.5) is 5.95 Å². The van der Waals surface area contributed by atoms with Gasteiger partial charge in [-0.1, -0.05) is 11.6 Å². The third-order valence-corrected chi connectivity index (χ3v) is 7.57. The summed E-state index contributed by atoms with van der Waals surface area (Å²) >= 11 is 6.10. The largest absolute Gasteiger partial charge is 0.341 e. The molecular weight excluding hydrogens is 468 g/mol. The van der Waals surface area contributed by atoms with Crippen LogP contribution in [0.5, 0.6) is 0 Å². The zero-order valence-electron chi connectivity index (χ0n) is 20.4. The maximum Gasteiger partial charge on any atom is 0.318 e. The van der Waals surface area contributed by atoms with E-state index in [4.69, 9.17) is 11.6 Å². The van der Waals surface area contributed by atoms with Gasteiger partial charge in [-0.05, 0) is 32.9 Å². The normalized spacial score (nSPS) is 20.6. The summed E-state index contributed by atoms with van der Waals surface area (Å²) in [5.41, 5.74) is 1.03. The highest BCUT2D eigenvalue weighted by atomic mass is 35.5. The van der Waals surface area contributed by atoms with Gasteiger partial charge in [0.05, 0.1) is 10.5 Å². The molecule has 3 aromatic heterocycles. The highest BCUT2D eigenvalue weighted by Gasteiger charge is 2.26. The molecule has 2 aliphatic heterocycles. The van der Waals surface area contributed by atoms with Crippen molar-refractivity contribution in [3.05, 3.63) is 56.0 Å².